The third kappa shape index (κ3) is 4.25. The smallest absolute Gasteiger partial charge is 0.224 e. The van der Waals surface area contributed by atoms with Crippen molar-refractivity contribution in [2.24, 2.45) is 0 Å². The van der Waals surface area contributed by atoms with Crippen LogP contribution in [0.3, 0.4) is 0 Å². The van der Waals surface area contributed by atoms with E-state index in [9.17, 15) is 4.79 Å². The molecule has 0 aliphatic heterocycles. The molecule has 0 unspecified atom stereocenters. The van der Waals surface area contributed by atoms with Crippen molar-refractivity contribution < 1.29 is 23.4 Å². The minimum Gasteiger partial charge on any atom is -0.493 e. The van der Waals surface area contributed by atoms with Crippen LogP contribution in [0.5, 0.6) is 17.2 Å². The highest BCUT2D eigenvalue weighted by Crippen LogP contribution is 2.40. The van der Waals surface area contributed by atoms with Crippen LogP contribution in [0.2, 0.25) is 0 Å². The summed E-state index contributed by atoms with van der Waals surface area (Å²) in [6.07, 6.45) is 3.79. The zero-order valence-corrected chi connectivity index (χ0v) is 16.0. The van der Waals surface area contributed by atoms with Crippen LogP contribution >= 0.6 is 0 Å². The summed E-state index contributed by atoms with van der Waals surface area (Å²) in [5.74, 6) is 2.21. The SMILES string of the molecule is COc1ccc(CCC(=O)Nc2cccc(-c3cnco3)c2)c(OC)c1OC. The van der Waals surface area contributed by atoms with Crippen molar-refractivity contribution in [3.8, 4) is 28.6 Å². The van der Waals surface area contributed by atoms with E-state index in [-0.39, 0.29) is 5.91 Å². The molecular weight excluding hydrogens is 360 g/mol. The maximum Gasteiger partial charge on any atom is 0.224 e. The van der Waals surface area contributed by atoms with Crippen molar-refractivity contribution in [1.82, 2.24) is 4.98 Å². The van der Waals surface area contributed by atoms with Crippen molar-refractivity contribution in [1.29, 1.82) is 0 Å². The number of ether oxygens (including phenoxy) is 3. The summed E-state index contributed by atoms with van der Waals surface area (Å²) in [6, 6.07) is 11.1. The van der Waals surface area contributed by atoms with Crippen molar-refractivity contribution >= 4 is 11.6 Å². The lowest BCUT2D eigenvalue weighted by atomic mass is 10.1. The molecule has 1 aromatic heterocycles. The van der Waals surface area contributed by atoms with Gasteiger partial charge in [-0.05, 0) is 30.2 Å². The highest BCUT2D eigenvalue weighted by Gasteiger charge is 2.16. The first-order valence-corrected chi connectivity index (χ1v) is 8.73. The lowest BCUT2D eigenvalue weighted by Crippen LogP contribution is -2.12. The van der Waals surface area contributed by atoms with Gasteiger partial charge in [0.1, 0.15) is 0 Å². The van der Waals surface area contributed by atoms with E-state index in [1.807, 2.05) is 30.3 Å². The van der Waals surface area contributed by atoms with Crippen LogP contribution in [-0.4, -0.2) is 32.2 Å². The molecule has 146 valence electrons. The molecule has 7 nitrogen and oxygen atoms in total. The number of nitrogens with zero attached hydrogens (tertiary/aromatic N) is 1. The monoisotopic (exact) mass is 382 g/mol. The topological polar surface area (TPSA) is 82.8 Å². The molecule has 0 saturated heterocycles. The molecule has 0 aliphatic rings. The molecule has 3 aromatic rings. The fraction of sp³-hybridized carbons (Fsp3) is 0.238. The molecule has 2 aromatic carbocycles. The van der Waals surface area contributed by atoms with Crippen LogP contribution in [0.25, 0.3) is 11.3 Å². The molecule has 0 fully saturated rings. The van der Waals surface area contributed by atoms with E-state index in [0.29, 0.717) is 41.5 Å². The van der Waals surface area contributed by atoms with E-state index in [1.165, 1.54) is 6.39 Å². The van der Waals surface area contributed by atoms with Crippen molar-refractivity contribution in [2.45, 2.75) is 12.8 Å². The average Bonchev–Trinajstić information content (AvgIpc) is 3.26. The van der Waals surface area contributed by atoms with Crippen LogP contribution in [0.1, 0.15) is 12.0 Å². The number of amides is 1. The Morgan fingerprint density at radius 2 is 1.89 bits per heavy atom. The van der Waals surface area contributed by atoms with Gasteiger partial charge in [0.25, 0.3) is 0 Å². The van der Waals surface area contributed by atoms with E-state index in [4.69, 9.17) is 18.6 Å². The van der Waals surface area contributed by atoms with E-state index >= 15 is 0 Å². The molecule has 28 heavy (non-hydrogen) atoms. The fourth-order valence-electron chi connectivity index (χ4n) is 2.94. The lowest BCUT2D eigenvalue weighted by Gasteiger charge is -2.15. The standard InChI is InChI=1S/C21H22N2O5/c1-25-17-9-7-14(20(26-2)21(17)27-3)8-10-19(24)23-16-6-4-5-15(11-16)18-12-22-13-28-18/h4-7,9,11-13H,8,10H2,1-3H3,(H,23,24). The highest BCUT2D eigenvalue weighted by molar-refractivity contribution is 5.91. The first-order valence-electron chi connectivity index (χ1n) is 8.73. The third-order valence-electron chi connectivity index (χ3n) is 4.27. The molecule has 0 radical (unpaired) electrons. The second-order valence-corrected chi connectivity index (χ2v) is 5.99. The van der Waals surface area contributed by atoms with Gasteiger partial charge >= 0.3 is 0 Å². The predicted molar refractivity (Wildman–Crippen MR) is 105 cm³/mol. The minimum absolute atomic E-state index is 0.105. The lowest BCUT2D eigenvalue weighted by molar-refractivity contribution is -0.116. The first kappa shape index (κ1) is 19.3. The first-order chi connectivity index (χ1) is 13.7. The van der Waals surface area contributed by atoms with E-state index < -0.39 is 0 Å². The van der Waals surface area contributed by atoms with Gasteiger partial charge in [-0.3, -0.25) is 4.79 Å². The van der Waals surface area contributed by atoms with E-state index in [1.54, 1.807) is 33.6 Å². The minimum atomic E-state index is -0.105. The Kier molecular flexibility index (Phi) is 6.16. The normalized spacial score (nSPS) is 10.4. The Morgan fingerprint density at radius 1 is 1.07 bits per heavy atom. The Morgan fingerprint density at radius 3 is 2.57 bits per heavy atom. The number of benzene rings is 2. The molecule has 7 heteroatoms. The molecule has 3 rings (SSSR count). The second-order valence-electron chi connectivity index (χ2n) is 5.99. The molecule has 0 aliphatic carbocycles. The number of anilines is 1. The van der Waals surface area contributed by atoms with E-state index in [0.717, 1.165) is 11.1 Å². The maximum absolute atomic E-state index is 12.4. The van der Waals surface area contributed by atoms with Crippen molar-refractivity contribution in [3.63, 3.8) is 0 Å². The number of carbonyl (C=O) groups excluding carboxylic acids is 1. The van der Waals surface area contributed by atoms with Crippen LogP contribution in [0.4, 0.5) is 5.69 Å². The number of methoxy groups -OCH3 is 3. The van der Waals surface area contributed by atoms with E-state index in [2.05, 4.69) is 10.3 Å². The maximum atomic E-state index is 12.4. The molecule has 0 saturated carbocycles. The molecule has 0 spiro atoms. The van der Waals surface area contributed by atoms with Crippen molar-refractivity contribution in [3.05, 3.63) is 54.6 Å². The molecule has 0 bridgehead atoms. The van der Waals surface area contributed by atoms with Gasteiger partial charge in [0.2, 0.25) is 11.7 Å². The highest BCUT2D eigenvalue weighted by atomic mass is 16.5. The summed E-state index contributed by atoms with van der Waals surface area (Å²) < 4.78 is 21.4. The number of aromatic nitrogens is 1. The quantitative estimate of drug-likeness (QED) is 0.635. The van der Waals surface area contributed by atoms with Crippen LogP contribution in [0.15, 0.2) is 53.4 Å². The number of hydrogen-bond acceptors (Lipinski definition) is 6. The third-order valence-corrected chi connectivity index (χ3v) is 4.27. The largest absolute Gasteiger partial charge is 0.493 e. The number of rotatable bonds is 8. The molecule has 1 amide bonds. The second kappa shape index (κ2) is 8.94. The predicted octanol–water partition coefficient (Wildman–Crippen LogP) is 3.94. The molecule has 1 N–H and O–H groups in total. The number of nitrogens with one attached hydrogen (secondary N) is 1. The van der Waals surface area contributed by atoms with Gasteiger partial charge in [0, 0.05) is 17.7 Å². The van der Waals surface area contributed by atoms with Gasteiger partial charge in [-0.2, -0.15) is 0 Å². The van der Waals surface area contributed by atoms with Crippen LogP contribution < -0.4 is 19.5 Å². The number of oxazole rings is 1. The summed E-state index contributed by atoms with van der Waals surface area (Å²) in [5.41, 5.74) is 2.40. The zero-order valence-electron chi connectivity index (χ0n) is 16.0. The number of aryl methyl sites for hydroxylation is 1. The van der Waals surface area contributed by atoms with Gasteiger partial charge in [0.15, 0.2) is 23.7 Å². The van der Waals surface area contributed by atoms with Gasteiger partial charge < -0.3 is 23.9 Å². The number of carbonyl (C=O) groups is 1. The van der Waals surface area contributed by atoms with Gasteiger partial charge in [-0.15, -0.1) is 0 Å². The summed E-state index contributed by atoms with van der Waals surface area (Å²) in [5, 5.41) is 2.91. The van der Waals surface area contributed by atoms with Gasteiger partial charge in [0.05, 0.1) is 27.5 Å². The van der Waals surface area contributed by atoms with Gasteiger partial charge in [-0.1, -0.05) is 18.2 Å². The summed E-state index contributed by atoms with van der Waals surface area (Å²) >= 11 is 0. The molecule has 1 heterocycles. The summed E-state index contributed by atoms with van der Waals surface area (Å²) in [4.78, 5) is 16.3. The van der Waals surface area contributed by atoms with Crippen molar-refractivity contribution in [2.75, 3.05) is 26.6 Å². The Labute approximate surface area is 163 Å². The summed E-state index contributed by atoms with van der Waals surface area (Å²) in [6.45, 7) is 0. The van der Waals surface area contributed by atoms with Gasteiger partial charge in [-0.25, -0.2) is 4.98 Å². The van der Waals surface area contributed by atoms with Crippen LogP contribution in [0, 0.1) is 0 Å². The average molecular weight is 382 g/mol. The summed E-state index contributed by atoms with van der Waals surface area (Å²) in [7, 11) is 4.69. The Bertz CT molecular complexity index is 938. The Hall–Kier alpha value is -3.48. The number of hydrogen-bond donors (Lipinski definition) is 1. The molecule has 0 atom stereocenters. The van der Waals surface area contributed by atoms with Crippen LogP contribution in [-0.2, 0) is 11.2 Å². The zero-order chi connectivity index (χ0) is 19.9. The molecular formula is C21H22N2O5. The fourth-order valence-corrected chi connectivity index (χ4v) is 2.94. The Balaban J connectivity index is 1.67.